The number of benzene rings is 1. The maximum atomic E-state index is 13.7. The Kier molecular flexibility index (Phi) is 4.98. The summed E-state index contributed by atoms with van der Waals surface area (Å²) in [4.78, 5) is 4.81. The zero-order valence-corrected chi connectivity index (χ0v) is 14.8. The molecule has 25 heavy (non-hydrogen) atoms. The third kappa shape index (κ3) is 3.94. The molecule has 3 rings (SSSR count). The number of thiophene rings is 1. The molecule has 0 aliphatic heterocycles. The first-order valence-electron chi connectivity index (χ1n) is 7.40. The smallest absolute Gasteiger partial charge is 0.250 e. The molecule has 2 heterocycles. The highest BCUT2D eigenvalue weighted by Crippen LogP contribution is 2.24. The summed E-state index contributed by atoms with van der Waals surface area (Å²) in [7, 11) is -3.55. The number of hydrogen-bond acceptors (Lipinski definition) is 5. The summed E-state index contributed by atoms with van der Waals surface area (Å²) in [5, 5.41) is 3.28. The van der Waals surface area contributed by atoms with Crippen molar-refractivity contribution in [2.24, 2.45) is 0 Å². The first-order valence-corrected chi connectivity index (χ1v) is 9.70. The molecule has 0 fully saturated rings. The van der Waals surface area contributed by atoms with Crippen LogP contribution in [0.1, 0.15) is 4.88 Å². The van der Waals surface area contributed by atoms with Crippen molar-refractivity contribution in [2.75, 3.05) is 18.4 Å². The van der Waals surface area contributed by atoms with E-state index in [0.29, 0.717) is 11.1 Å². The van der Waals surface area contributed by atoms with E-state index in [9.17, 15) is 17.2 Å². The third-order valence-corrected chi connectivity index (χ3v) is 6.43. The number of anilines is 1. The molecule has 0 aliphatic carbocycles. The summed E-state index contributed by atoms with van der Waals surface area (Å²) < 4.78 is 54.1. The molecule has 0 amide bonds. The quantitative estimate of drug-likeness (QED) is 0.641. The highest BCUT2D eigenvalue weighted by molar-refractivity contribution is 7.91. The standard InChI is InChI=1S/C16H15F2N3O2S2/c1-10-2-3-15(24-10)25(22,23)21-7-6-19-14-4-5-20-16-12(14)8-11(17)9-13(16)18/h2-5,8-9,21H,6-7H2,1H3,(H,19,20). The summed E-state index contributed by atoms with van der Waals surface area (Å²) in [5.74, 6) is -1.44. The lowest BCUT2D eigenvalue weighted by atomic mass is 10.1. The molecule has 3 aromatic rings. The summed E-state index contributed by atoms with van der Waals surface area (Å²) in [6.07, 6.45) is 1.41. The number of hydrogen-bond donors (Lipinski definition) is 2. The molecule has 0 atom stereocenters. The number of fused-ring (bicyclic) bond motifs is 1. The van der Waals surface area contributed by atoms with Crippen LogP contribution < -0.4 is 10.0 Å². The van der Waals surface area contributed by atoms with Gasteiger partial charge in [0.15, 0.2) is 5.82 Å². The summed E-state index contributed by atoms with van der Waals surface area (Å²) in [6.45, 7) is 2.21. The van der Waals surface area contributed by atoms with E-state index in [4.69, 9.17) is 0 Å². The third-order valence-electron chi connectivity index (χ3n) is 3.48. The molecule has 5 nitrogen and oxygen atoms in total. The molecule has 0 spiro atoms. The minimum absolute atomic E-state index is 0.0565. The van der Waals surface area contributed by atoms with Gasteiger partial charge in [0.1, 0.15) is 15.5 Å². The van der Waals surface area contributed by atoms with Crippen molar-refractivity contribution in [3.8, 4) is 0 Å². The van der Waals surface area contributed by atoms with Crippen LogP contribution in [0, 0.1) is 18.6 Å². The Bertz CT molecular complexity index is 1020. The van der Waals surface area contributed by atoms with E-state index in [0.717, 1.165) is 10.9 Å². The molecular formula is C16H15F2N3O2S2. The van der Waals surface area contributed by atoms with Gasteiger partial charge in [-0.15, -0.1) is 11.3 Å². The van der Waals surface area contributed by atoms with Crippen molar-refractivity contribution >= 4 is 38.0 Å². The van der Waals surface area contributed by atoms with E-state index in [-0.39, 0.29) is 22.8 Å². The number of aryl methyl sites for hydroxylation is 1. The van der Waals surface area contributed by atoms with Gasteiger partial charge in [-0.05, 0) is 31.2 Å². The van der Waals surface area contributed by atoms with Gasteiger partial charge in [0.2, 0.25) is 10.0 Å². The Balaban J connectivity index is 1.68. The van der Waals surface area contributed by atoms with Crippen LogP contribution in [-0.4, -0.2) is 26.5 Å². The number of sulfonamides is 1. The van der Waals surface area contributed by atoms with Crippen LogP contribution in [0.5, 0.6) is 0 Å². The van der Waals surface area contributed by atoms with Gasteiger partial charge < -0.3 is 5.32 Å². The van der Waals surface area contributed by atoms with Crippen molar-refractivity contribution in [2.45, 2.75) is 11.1 Å². The largest absolute Gasteiger partial charge is 0.383 e. The summed E-state index contributed by atoms with van der Waals surface area (Å²) in [6, 6.07) is 6.84. The highest BCUT2D eigenvalue weighted by atomic mass is 32.2. The molecule has 0 saturated heterocycles. The van der Waals surface area contributed by atoms with Crippen molar-refractivity contribution in [3.05, 3.63) is 53.0 Å². The number of rotatable bonds is 6. The topological polar surface area (TPSA) is 71.1 Å². The van der Waals surface area contributed by atoms with Gasteiger partial charge >= 0.3 is 0 Å². The summed E-state index contributed by atoms with van der Waals surface area (Å²) in [5.41, 5.74) is 0.538. The minimum atomic E-state index is -3.55. The molecule has 0 unspecified atom stereocenters. The predicted molar refractivity (Wildman–Crippen MR) is 94.4 cm³/mol. The minimum Gasteiger partial charge on any atom is -0.383 e. The van der Waals surface area contributed by atoms with Gasteiger partial charge in [0, 0.05) is 41.3 Å². The SMILES string of the molecule is Cc1ccc(S(=O)(=O)NCCNc2ccnc3c(F)cc(F)cc23)s1. The van der Waals surface area contributed by atoms with Crippen molar-refractivity contribution < 1.29 is 17.2 Å². The van der Waals surface area contributed by atoms with Crippen LogP contribution in [0.4, 0.5) is 14.5 Å². The number of aromatic nitrogens is 1. The second-order valence-electron chi connectivity index (χ2n) is 5.33. The Labute approximate surface area is 147 Å². The van der Waals surface area contributed by atoms with Crippen LogP contribution >= 0.6 is 11.3 Å². The second-order valence-corrected chi connectivity index (χ2v) is 8.61. The first-order chi connectivity index (χ1) is 11.9. The lowest BCUT2D eigenvalue weighted by Gasteiger charge is -2.10. The molecule has 2 aromatic heterocycles. The van der Waals surface area contributed by atoms with Crippen LogP contribution in [0.15, 0.2) is 40.7 Å². The van der Waals surface area contributed by atoms with Crippen molar-refractivity contribution in [1.29, 1.82) is 0 Å². The molecule has 9 heteroatoms. The lowest BCUT2D eigenvalue weighted by Crippen LogP contribution is -2.28. The lowest BCUT2D eigenvalue weighted by molar-refractivity contribution is 0.585. The van der Waals surface area contributed by atoms with Crippen LogP contribution in [-0.2, 0) is 10.0 Å². The molecule has 2 N–H and O–H groups in total. The van der Waals surface area contributed by atoms with Crippen molar-refractivity contribution in [3.63, 3.8) is 0 Å². The molecule has 132 valence electrons. The number of pyridine rings is 1. The maximum Gasteiger partial charge on any atom is 0.250 e. The zero-order valence-electron chi connectivity index (χ0n) is 13.2. The monoisotopic (exact) mass is 383 g/mol. The van der Waals surface area contributed by atoms with E-state index in [1.165, 1.54) is 23.6 Å². The Morgan fingerprint density at radius 3 is 2.68 bits per heavy atom. The van der Waals surface area contributed by atoms with Gasteiger partial charge in [-0.25, -0.2) is 21.9 Å². The van der Waals surface area contributed by atoms with E-state index in [1.807, 2.05) is 6.92 Å². The van der Waals surface area contributed by atoms with Crippen molar-refractivity contribution in [1.82, 2.24) is 9.71 Å². The molecule has 0 saturated carbocycles. The van der Waals surface area contributed by atoms with E-state index in [1.54, 1.807) is 18.2 Å². The summed E-state index contributed by atoms with van der Waals surface area (Å²) >= 11 is 1.19. The van der Waals surface area contributed by atoms with Gasteiger partial charge in [-0.3, -0.25) is 4.98 Å². The Morgan fingerprint density at radius 1 is 1.16 bits per heavy atom. The molecule has 0 radical (unpaired) electrons. The van der Waals surface area contributed by atoms with Gasteiger partial charge in [0.05, 0.1) is 0 Å². The zero-order chi connectivity index (χ0) is 18.0. The number of nitrogens with zero attached hydrogens (tertiary/aromatic N) is 1. The fourth-order valence-electron chi connectivity index (χ4n) is 2.34. The predicted octanol–water partition coefficient (Wildman–Crippen LogP) is 3.27. The Morgan fingerprint density at radius 2 is 1.96 bits per heavy atom. The van der Waals surface area contributed by atoms with E-state index < -0.39 is 21.7 Å². The maximum absolute atomic E-state index is 13.7. The van der Waals surface area contributed by atoms with Crippen LogP contribution in [0.25, 0.3) is 10.9 Å². The van der Waals surface area contributed by atoms with Gasteiger partial charge in [0.25, 0.3) is 0 Å². The molecule has 1 aromatic carbocycles. The van der Waals surface area contributed by atoms with E-state index in [2.05, 4.69) is 15.0 Å². The number of halogens is 2. The van der Waals surface area contributed by atoms with Crippen LogP contribution in [0.3, 0.4) is 0 Å². The average Bonchev–Trinajstić information content (AvgIpc) is 2.99. The van der Waals surface area contributed by atoms with Gasteiger partial charge in [-0.1, -0.05) is 0 Å². The fourth-order valence-corrected chi connectivity index (χ4v) is 4.70. The molecular weight excluding hydrogens is 368 g/mol. The van der Waals surface area contributed by atoms with Gasteiger partial charge in [-0.2, -0.15) is 0 Å². The average molecular weight is 383 g/mol. The first kappa shape index (κ1) is 17.7. The Hall–Kier alpha value is -2.10. The molecule has 0 bridgehead atoms. The highest BCUT2D eigenvalue weighted by Gasteiger charge is 2.15. The van der Waals surface area contributed by atoms with Crippen LogP contribution in [0.2, 0.25) is 0 Å². The fraction of sp³-hybridized carbons (Fsp3) is 0.188. The molecule has 0 aliphatic rings. The normalized spacial score (nSPS) is 11.8. The number of nitrogens with one attached hydrogen (secondary N) is 2. The van der Waals surface area contributed by atoms with E-state index >= 15 is 0 Å². The second kappa shape index (κ2) is 7.03.